The highest BCUT2D eigenvalue weighted by atomic mass is 32.2. The molecule has 37 heavy (non-hydrogen) atoms. The quantitative estimate of drug-likeness (QED) is 0.256. The summed E-state index contributed by atoms with van der Waals surface area (Å²) in [5.41, 5.74) is 0.942. The van der Waals surface area contributed by atoms with Gasteiger partial charge in [-0.25, -0.2) is 4.39 Å². The van der Waals surface area contributed by atoms with E-state index in [1.54, 1.807) is 36.4 Å². The molecule has 2 aromatic carbocycles. The number of carbonyl (C=O) groups is 3. The molecule has 1 aliphatic heterocycles. The lowest BCUT2D eigenvalue weighted by atomic mass is 9.49. The first-order valence-electron chi connectivity index (χ1n) is 12.7. The highest BCUT2D eigenvalue weighted by Crippen LogP contribution is 2.60. The summed E-state index contributed by atoms with van der Waals surface area (Å²) in [5.74, 6) is 1.75. The molecule has 4 bridgehead atoms. The van der Waals surface area contributed by atoms with Gasteiger partial charge in [0.05, 0.1) is 24.0 Å². The predicted octanol–water partition coefficient (Wildman–Crippen LogP) is 6.19. The van der Waals surface area contributed by atoms with E-state index < -0.39 is 5.91 Å². The molecule has 4 saturated carbocycles. The summed E-state index contributed by atoms with van der Waals surface area (Å²) in [6, 6.07) is 10.8. The lowest BCUT2D eigenvalue weighted by Gasteiger charge is -2.55. The number of benzene rings is 2. The standard InChI is InChI=1S/C29H28FNO5S/c1-35-24-11-18(12-25-26(32)31(28(34)37-25)16-17-2-5-22(30)6-3-17)4-7-23(24)36-27(33)29-13-19-8-20(14-29)10-21(9-19)15-29/h2-7,11-12,19-21H,8-10,13-16H2,1H3/b25-12+. The van der Waals surface area contributed by atoms with Gasteiger partial charge >= 0.3 is 5.97 Å². The Morgan fingerprint density at radius 2 is 1.68 bits per heavy atom. The molecule has 0 atom stereocenters. The molecule has 8 heteroatoms. The summed E-state index contributed by atoms with van der Waals surface area (Å²) in [5, 5.41) is -0.381. The van der Waals surface area contributed by atoms with Crippen LogP contribution in [0.1, 0.15) is 49.7 Å². The number of nitrogens with zero attached hydrogens (tertiary/aromatic N) is 1. The molecule has 0 spiro atoms. The maximum absolute atomic E-state index is 13.4. The largest absolute Gasteiger partial charge is 0.493 e. The van der Waals surface area contributed by atoms with Gasteiger partial charge in [0.15, 0.2) is 11.5 Å². The fourth-order valence-corrected chi connectivity index (χ4v) is 7.83. The van der Waals surface area contributed by atoms with Crippen molar-refractivity contribution in [1.29, 1.82) is 0 Å². The second-order valence-corrected chi connectivity index (χ2v) is 11.9. The number of hydrogen-bond donors (Lipinski definition) is 0. The second-order valence-electron chi connectivity index (χ2n) is 10.9. The molecule has 0 radical (unpaired) electrons. The van der Waals surface area contributed by atoms with Crippen molar-refractivity contribution in [2.45, 2.75) is 45.1 Å². The van der Waals surface area contributed by atoms with Crippen molar-refractivity contribution < 1.29 is 28.2 Å². The number of halogens is 1. The first-order valence-corrected chi connectivity index (χ1v) is 13.5. The number of imide groups is 1. The van der Waals surface area contributed by atoms with E-state index in [1.807, 2.05) is 0 Å². The minimum Gasteiger partial charge on any atom is -0.493 e. The second kappa shape index (κ2) is 9.31. The summed E-state index contributed by atoms with van der Waals surface area (Å²) in [6.45, 7) is 0.0742. The summed E-state index contributed by atoms with van der Waals surface area (Å²) in [6.07, 6.45) is 8.15. The van der Waals surface area contributed by atoms with Crippen molar-refractivity contribution >= 4 is 35.0 Å². The van der Waals surface area contributed by atoms with Gasteiger partial charge in [0.2, 0.25) is 0 Å². The Kier molecular flexibility index (Phi) is 6.10. The molecule has 7 rings (SSSR count). The van der Waals surface area contributed by atoms with Crippen molar-refractivity contribution in [2.24, 2.45) is 23.2 Å². The van der Waals surface area contributed by atoms with E-state index in [4.69, 9.17) is 9.47 Å². The van der Waals surface area contributed by atoms with Gasteiger partial charge < -0.3 is 9.47 Å². The molecular weight excluding hydrogens is 493 g/mol. The first kappa shape index (κ1) is 24.2. The Balaban J connectivity index is 1.17. The van der Waals surface area contributed by atoms with Crippen LogP contribution in [0.25, 0.3) is 6.08 Å². The van der Waals surface area contributed by atoms with Crippen LogP contribution in [0, 0.1) is 29.0 Å². The average Bonchev–Trinajstić information content (AvgIpc) is 3.12. The highest BCUT2D eigenvalue weighted by Gasteiger charge is 2.55. The molecule has 1 heterocycles. The van der Waals surface area contributed by atoms with Crippen LogP contribution in [0.2, 0.25) is 0 Å². The molecule has 6 nitrogen and oxygen atoms in total. The molecule has 2 aromatic rings. The van der Waals surface area contributed by atoms with Gasteiger partial charge in [0, 0.05) is 0 Å². The topological polar surface area (TPSA) is 72.9 Å². The Hall–Kier alpha value is -3.13. The van der Waals surface area contributed by atoms with Crippen molar-refractivity contribution in [1.82, 2.24) is 4.90 Å². The SMILES string of the molecule is COc1cc(/C=C2/SC(=O)N(Cc3ccc(F)cc3)C2=O)ccc1OC(=O)C12CC3CC(CC(C3)C1)C2. The molecule has 0 unspecified atom stereocenters. The molecule has 5 aliphatic rings. The normalized spacial score (nSPS) is 29.3. The highest BCUT2D eigenvalue weighted by molar-refractivity contribution is 8.18. The zero-order valence-electron chi connectivity index (χ0n) is 20.6. The summed E-state index contributed by atoms with van der Waals surface area (Å²) in [4.78, 5) is 40.2. The molecule has 4 aliphatic carbocycles. The Morgan fingerprint density at radius 3 is 2.30 bits per heavy atom. The van der Waals surface area contributed by atoms with E-state index in [0.717, 1.165) is 35.9 Å². The number of ether oxygens (including phenoxy) is 2. The van der Waals surface area contributed by atoms with Crippen LogP contribution in [0.3, 0.4) is 0 Å². The van der Waals surface area contributed by atoms with Crippen LogP contribution in [0.5, 0.6) is 11.5 Å². The summed E-state index contributed by atoms with van der Waals surface area (Å²) >= 11 is 0.858. The van der Waals surface area contributed by atoms with Crippen molar-refractivity contribution in [3.63, 3.8) is 0 Å². The van der Waals surface area contributed by atoms with E-state index >= 15 is 0 Å². The number of amides is 2. The van der Waals surface area contributed by atoms with E-state index in [2.05, 4.69) is 0 Å². The van der Waals surface area contributed by atoms with E-state index in [0.29, 0.717) is 40.4 Å². The van der Waals surface area contributed by atoms with Gasteiger partial charge in [0.25, 0.3) is 11.1 Å². The van der Waals surface area contributed by atoms with Gasteiger partial charge in [-0.3, -0.25) is 19.3 Å². The third-order valence-corrected chi connectivity index (χ3v) is 9.19. The lowest BCUT2D eigenvalue weighted by Crippen LogP contribution is -2.51. The molecular formula is C29H28FNO5S. The zero-order valence-corrected chi connectivity index (χ0v) is 21.4. The Morgan fingerprint density at radius 1 is 1.03 bits per heavy atom. The molecule has 0 N–H and O–H groups in total. The summed E-state index contributed by atoms with van der Waals surface area (Å²) in [7, 11) is 1.51. The van der Waals surface area contributed by atoms with Crippen molar-refractivity contribution in [2.75, 3.05) is 7.11 Å². The van der Waals surface area contributed by atoms with Crippen LogP contribution in [-0.2, 0) is 16.1 Å². The average molecular weight is 522 g/mol. The van der Waals surface area contributed by atoms with E-state index in [1.165, 1.54) is 38.5 Å². The predicted molar refractivity (Wildman–Crippen MR) is 137 cm³/mol. The van der Waals surface area contributed by atoms with Crippen LogP contribution in [-0.4, -0.2) is 29.1 Å². The maximum atomic E-state index is 13.4. The zero-order chi connectivity index (χ0) is 25.7. The Labute approximate surface area is 219 Å². The fraction of sp³-hybridized carbons (Fsp3) is 0.414. The molecule has 192 valence electrons. The van der Waals surface area contributed by atoms with Gasteiger partial charge in [-0.15, -0.1) is 0 Å². The van der Waals surface area contributed by atoms with E-state index in [9.17, 15) is 18.8 Å². The number of thioether (sulfide) groups is 1. The van der Waals surface area contributed by atoms with Crippen LogP contribution in [0.15, 0.2) is 47.4 Å². The first-order chi connectivity index (χ1) is 17.8. The number of carbonyl (C=O) groups excluding carboxylic acids is 3. The Bertz CT molecular complexity index is 1270. The summed E-state index contributed by atoms with van der Waals surface area (Å²) < 4.78 is 24.6. The van der Waals surface area contributed by atoms with Gasteiger partial charge in [-0.2, -0.15) is 0 Å². The third kappa shape index (κ3) is 4.56. The number of esters is 1. The molecule has 5 fully saturated rings. The van der Waals surface area contributed by atoms with Gasteiger partial charge in [-0.05, 0) is 110 Å². The van der Waals surface area contributed by atoms with Crippen molar-refractivity contribution in [3.8, 4) is 11.5 Å². The minimum atomic E-state index is -0.407. The van der Waals surface area contributed by atoms with Crippen LogP contribution >= 0.6 is 11.8 Å². The van der Waals surface area contributed by atoms with Crippen LogP contribution in [0.4, 0.5) is 9.18 Å². The fourth-order valence-electron chi connectivity index (χ4n) is 6.99. The smallest absolute Gasteiger partial charge is 0.317 e. The number of hydrogen-bond acceptors (Lipinski definition) is 6. The van der Waals surface area contributed by atoms with Crippen molar-refractivity contribution in [3.05, 3.63) is 64.3 Å². The lowest BCUT2D eigenvalue weighted by molar-refractivity contribution is -0.161. The molecule has 1 saturated heterocycles. The molecule has 2 amide bonds. The maximum Gasteiger partial charge on any atom is 0.317 e. The van der Waals surface area contributed by atoms with E-state index in [-0.39, 0.29) is 33.9 Å². The monoisotopic (exact) mass is 521 g/mol. The third-order valence-electron chi connectivity index (χ3n) is 8.29. The van der Waals surface area contributed by atoms with Gasteiger partial charge in [-0.1, -0.05) is 18.2 Å². The van der Waals surface area contributed by atoms with Crippen LogP contribution < -0.4 is 9.47 Å². The molecule has 0 aromatic heterocycles. The number of rotatable bonds is 6. The minimum absolute atomic E-state index is 0.0742. The van der Waals surface area contributed by atoms with Gasteiger partial charge in [0.1, 0.15) is 5.82 Å². The number of methoxy groups -OCH3 is 1.